The zero-order chi connectivity index (χ0) is 16.7. The van der Waals surface area contributed by atoms with E-state index in [1.807, 2.05) is 24.3 Å². The standard InChI is InChI=1S/C16H19O5PS/c1-2-21-22(18,19)14-5-9-16(10-6-14)23-15-7-3-13(4-8-15)20-12-11-17/h3-10,17H,2,11-12H2,1H3,(H,18,19). The number of ether oxygens (including phenoxy) is 1. The van der Waals surface area contributed by atoms with Crippen molar-refractivity contribution < 1.29 is 23.8 Å². The molecule has 0 aromatic heterocycles. The Morgan fingerprint density at radius 3 is 2.13 bits per heavy atom. The van der Waals surface area contributed by atoms with Crippen molar-refractivity contribution in [3.05, 3.63) is 48.5 Å². The normalized spacial score (nSPS) is 13.5. The zero-order valence-corrected chi connectivity index (χ0v) is 14.4. The highest BCUT2D eigenvalue weighted by atomic mass is 32.2. The summed E-state index contributed by atoms with van der Waals surface area (Å²) in [5.41, 5.74) is 0. The fourth-order valence-electron chi connectivity index (χ4n) is 1.86. The van der Waals surface area contributed by atoms with E-state index >= 15 is 0 Å². The first kappa shape index (κ1) is 18.0. The van der Waals surface area contributed by atoms with Crippen LogP contribution in [0.3, 0.4) is 0 Å². The molecule has 5 nitrogen and oxygen atoms in total. The lowest BCUT2D eigenvalue weighted by atomic mass is 10.3. The first-order chi connectivity index (χ1) is 11.0. The third-order valence-corrected chi connectivity index (χ3v) is 5.46. The van der Waals surface area contributed by atoms with Crippen LogP contribution >= 0.6 is 19.4 Å². The highest BCUT2D eigenvalue weighted by Gasteiger charge is 2.21. The van der Waals surface area contributed by atoms with Crippen LogP contribution in [0.2, 0.25) is 0 Å². The molecule has 0 fully saturated rings. The quantitative estimate of drug-likeness (QED) is 0.710. The lowest BCUT2D eigenvalue weighted by molar-refractivity contribution is 0.201. The molecular weight excluding hydrogens is 335 g/mol. The van der Waals surface area contributed by atoms with Crippen LogP contribution in [0.4, 0.5) is 0 Å². The average Bonchev–Trinajstić information content (AvgIpc) is 2.55. The molecule has 7 heteroatoms. The van der Waals surface area contributed by atoms with Crippen LogP contribution in [-0.4, -0.2) is 29.8 Å². The molecule has 124 valence electrons. The maximum atomic E-state index is 11.9. The Hall–Kier alpha value is -1.30. The van der Waals surface area contributed by atoms with Gasteiger partial charge in [0, 0.05) is 9.79 Å². The number of aliphatic hydroxyl groups excluding tert-OH is 1. The van der Waals surface area contributed by atoms with Gasteiger partial charge in [0.2, 0.25) is 0 Å². The lowest BCUT2D eigenvalue weighted by Crippen LogP contribution is -2.06. The Kier molecular flexibility index (Phi) is 6.69. The van der Waals surface area contributed by atoms with E-state index in [0.717, 1.165) is 9.79 Å². The Morgan fingerprint density at radius 2 is 1.61 bits per heavy atom. The van der Waals surface area contributed by atoms with Gasteiger partial charge in [-0.15, -0.1) is 0 Å². The predicted molar refractivity (Wildman–Crippen MR) is 90.7 cm³/mol. The van der Waals surface area contributed by atoms with Gasteiger partial charge in [-0.1, -0.05) is 11.8 Å². The van der Waals surface area contributed by atoms with Crippen LogP contribution in [0.1, 0.15) is 6.92 Å². The van der Waals surface area contributed by atoms with E-state index in [0.29, 0.717) is 5.75 Å². The van der Waals surface area contributed by atoms with Gasteiger partial charge in [0.1, 0.15) is 12.4 Å². The summed E-state index contributed by atoms with van der Waals surface area (Å²) in [7, 11) is -3.71. The topological polar surface area (TPSA) is 76.0 Å². The Balaban J connectivity index is 2.02. The van der Waals surface area contributed by atoms with Crippen molar-refractivity contribution >= 4 is 24.7 Å². The van der Waals surface area contributed by atoms with Crippen LogP contribution in [0.5, 0.6) is 5.75 Å². The molecule has 0 heterocycles. The smallest absolute Gasteiger partial charge is 0.358 e. The fraction of sp³-hybridized carbons (Fsp3) is 0.250. The number of benzene rings is 2. The molecular formula is C16H19O5PS. The molecule has 2 aromatic carbocycles. The van der Waals surface area contributed by atoms with Crippen LogP contribution in [-0.2, 0) is 9.09 Å². The van der Waals surface area contributed by atoms with E-state index in [1.54, 1.807) is 31.2 Å². The van der Waals surface area contributed by atoms with Gasteiger partial charge >= 0.3 is 7.60 Å². The maximum absolute atomic E-state index is 11.9. The van der Waals surface area contributed by atoms with Gasteiger partial charge in [0.15, 0.2) is 0 Å². The van der Waals surface area contributed by atoms with Crippen LogP contribution in [0, 0.1) is 0 Å². The van der Waals surface area contributed by atoms with E-state index in [2.05, 4.69) is 0 Å². The SMILES string of the molecule is CCOP(=O)(O)c1ccc(Sc2ccc(OCCO)cc2)cc1. The summed E-state index contributed by atoms with van der Waals surface area (Å²) in [5, 5.41) is 9.00. The van der Waals surface area contributed by atoms with Crippen molar-refractivity contribution in [2.24, 2.45) is 0 Å². The summed E-state index contributed by atoms with van der Waals surface area (Å²) < 4.78 is 22.1. The summed E-state index contributed by atoms with van der Waals surface area (Å²) in [6.07, 6.45) is 0. The van der Waals surface area contributed by atoms with Gasteiger partial charge in [-0.25, -0.2) is 0 Å². The highest BCUT2D eigenvalue weighted by Crippen LogP contribution is 2.41. The molecule has 0 bridgehead atoms. The third-order valence-electron chi connectivity index (χ3n) is 2.89. The van der Waals surface area contributed by atoms with E-state index in [-0.39, 0.29) is 25.1 Å². The van der Waals surface area contributed by atoms with Crippen LogP contribution in [0.15, 0.2) is 58.3 Å². The molecule has 1 unspecified atom stereocenters. The van der Waals surface area contributed by atoms with Gasteiger partial charge in [-0.3, -0.25) is 4.57 Å². The molecule has 2 rings (SSSR count). The number of hydrogen-bond acceptors (Lipinski definition) is 5. The van der Waals surface area contributed by atoms with Gasteiger partial charge < -0.3 is 19.3 Å². The molecule has 2 N–H and O–H groups in total. The van der Waals surface area contributed by atoms with Gasteiger partial charge in [0.25, 0.3) is 0 Å². The molecule has 0 radical (unpaired) electrons. The van der Waals surface area contributed by atoms with Crippen molar-refractivity contribution in [3.63, 3.8) is 0 Å². The summed E-state index contributed by atoms with van der Waals surface area (Å²) >= 11 is 1.54. The predicted octanol–water partition coefficient (Wildman–Crippen LogP) is 3.06. The minimum Gasteiger partial charge on any atom is -0.491 e. The molecule has 0 spiro atoms. The van der Waals surface area contributed by atoms with Crippen molar-refractivity contribution in [2.75, 3.05) is 19.8 Å². The minimum atomic E-state index is -3.71. The molecule has 0 saturated heterocycles. The second-order valence-corrected chi connectivity index (χ2v) is 7.54. The van der Waals surface area contributed by atoms with E-state index in [1.165, 1.54) is 11.8 Å². The van der Waals surface area contributed by atoms with Gasteiger partial charge in [0.05, 0.1) is 18.5 Å². The molecule has 0 aliphatic heterocycles. The first-order valence-electron chi connectivity index (χ1n) is 7.14. The Labute approximate surface area is 139 Å². The molecule has 0 aliphatic carbocycles. The monoisotopic (exact) mass is 354 g/mol. The fourth-order valence-corrected chi connectivity index (χ4v) is 3.70. The zero-order valence-electron chi connectivity index (χ0n) is 12.7. The highest BCUT2D eigenvalue weighted by molar-refractivity contribution is 7.99. The lowest BCUT2D eigenvalue weighted by Gasteiger charge is -2.11. The largest absolute Gasteiger partial charge is 0.491 e. The van der Waals surface area contributed by atoms with Crippen molar-refractivity contribution in [1.29, 1.82) is 0 Å². The van der Waals surface area contributed by atoms with Crippen molar-refractivity contribution in [3.8, 4) is 5.75 Å². The number of aliphatic hydroxyl groups is 1. The van der Waals surface area contributed by atoms with Gasteiger partial charge in [-0.05, 0) is 55.5 Å². The number of hydrogen-bond donors (Lipinski definition) is 2. The summed E-state index contributed by atoms with van der Waals surface area (Å²) in [4.78, 5) is 11.7. The second-order valence-electron chi connectivity index (χ2n) is 4.58. The minimum absolute atomic E-state index is 0.0146. The Bertz CT molecular complexity index is 657. The molecule has 2 aromatic rings. The second kappa shape index (κ2) is 8.52. The van der Waals surface area contributed by atoms with Gasteiger partial charge in [-0.2, -0.15) is 0 Å². The maximum Gasteiger partial charge on any atom is 0.358 e. The van der Waals surface area contributed by atoms with Crippen LogP contribution in [0.25, 0.3) is 0 Å². The molecule has 1 atom stereocenters. The van der Waals surface area contributed by atoms with Crippen LogP contribution < -0.4 is 10.0 Å². The first-order valence-corrected chi connectivity index (χ1v) is 9.54. The number of rotatable bonds is 8. The molecule has 0 aliphatic rings. The molecule has 0 saturated carbocycles. The third kappa shape index (κ3) is 5.37. The Morgan fingerprint density at radius 1 is 1.04 bits per heavy atom. The van der Waals surface area contributed by atoms with E-state index in [9.17, 15) is 9.46 Å². The van der Waals surface area contributed by atoms with E-state index in [4.69, 9.17) is 14.4 Å². The van der Waals surface area contributed by atoms with Crippen molar-refractivity contribution in [1.82, 2.24) is 0 Å². The summed E-state index contributed by atoms with van der Waals surface area (Å²) in [6.45, 7) is 2.13. The van der Waals surface area contributed by atoms with E-state index < -0.39 is 7.60 Å². The molecule has 23 heavy (non-hydrogen) atoms. The summed E-state index contributed by atoms with van der Waals surface area (Å²) in [6, 6.07) is 14.3. The molecule has 0 amide bonds. The summed E-state index contributed by atoms with van der Waals surface area (Å²) in [5.74, 6) is 0.705. The van der Waals surface area contributed by atoms with Crippen molar-refractivity contribution in [2.45, 2.75) is 16.7 Å². The average molecular weight is 354 g/mol.